The second kappa shape index (κ2) is 6.37. The third-order valence-corrected chi connectivity index (χ3v) is 3.81. The summed E-state index contributed by atoms with van der Waals surface area (Å²) in [6, 6.07) is 5.99. The third kappa shape index (κ3) is 2.95. The number of halogens is 6. The number of rotatable bonds is 2. The molecule has 2 nitrogen and oxygen atoms in total. The van der Waals surface area contributed by atoms with Crippen LogP contribution >= 0.6 is 23.2 Å². The van der Waals surface area contributed by atoms with Crippen LogP contribution in [0.3, 0.4) is 0 Å². The number of hydrogen-bond acceptors (Lipinski definition) is 2. The van der Waals surface area contributed by atoms with Gasteiger partial charge in [-0.2, -0.15) is 0 Å². The first kappa shape index (κ1) is 16.7. The maximum atomic E-state index is 14.2. The molecule has 8 heteroatoms. The van der Waals surface area contributed by atoms with E-state index in [0.717, 1.165) is 12.1 Å². The van der Waals surface area contributed by atoms with Crippen LogP contribution in [0.4, 0.5) is 17.6 Å². The largest absolute Gasteiger partial charge is 0.207 e. The van der Waals surface area contributed by atoms with Crippen molar-refractivity contribution in [1.29, 1.82) is 0 Å². The molecule has 0 amide bonds. The molecular weight excluding hydrogens is 367 g/mol. The Bertz CT molecular complexity index is 907. The topological polar surface area (TPSA) is 25.8 Å². The highest BCUT2D eigenvalue weighted by Crippen LogP contribution is 2.42. The van der Waals surface area contributed by atoms with Crippen LogP contribution in [0.1, 0.15) is 0 Å². The number of benzene rings is 2. The molecule has 0 saturated carbocycles. The Hall–Kier alpha value is -2.18. The predicted molar refractivity (Wildman–Crippen MR) is 82.8 cm³/mol. The lowest BCUT2D eigenvalue weighted by molar-refractivity contribution is 0.548. The second-order valence-electron chi connectivity index (χ2n) is 4.78. The first-order valence-electron chi connectivity index (χ1n) is 6.51. The number of hydrogen-bond donors (Lipinski definition) is 0. The van der Waals surface area contributed by atoms with Crippen molar-refractivity contribution >= 4 is 23.2 Å². The Morgan fingerprint density at radius 3 is 1.67 bits per heavy atom. The summed E-state index contributed by atoms with van der Waals surface area (Å²) in [6.45, 7) is 0. The molecule has 1 heterocycles. The fourth-order valence-corrected chi connectivity index (χ4v) is 2.75. The average Bonchev–Trinajstić information content (AvgIpc) is 2.51. The van der Waals surface area contributed by atoms with Gasteiger partial charge in [0.1, 0.15) is 23.3 Å². The SMILES string of the molecule is Fc1ccc(-c2c(Cl)nnc(Cl)c2-c2c(F)cc(F)cc2F)cc1. The number of nitrogens with zero attached hydrogens (tertiary/aromatic N) is 2. The average molecular weight is 373 g/mol. The van der Waals surface area contributed by atoms with Gasteiger partial charge in [0, 0.05) is 23.3 Å². The summed E-state index contributed by atoms with van der Waals surface area (Å²) in [4.78, 5) is 0. The lowest BCUT2D eigenvalue weighted by atomic mass is 9.96. The van der Waals surface area contributed by atoms with E-state index in [1.807, 2.05) is 0 Å². The molecule has 24 heavy (non-hydrogen) atoms. The Kier molecular flexibility index (Phi) is 4.43. The molecule has 0 bridgehead atoms. The van der Waals surface area contributed by atoms with Crippen LogP contribution in [0.2, 0.25) is 10.3 Å². The van der Waals surface area contributed by atoms with Crippen LogP contribution < -0.4 is 0 Å². The summed E-state index contributed by atoms with van der Waals surface area (Å²) < 4.78 is 54.7. The Labute approximate surface area is 143 Å². The fraction of sp³-hybridized carbons (Fsp3) is 0. The zero-order chi connectivity index (χ0) is 17.4. The van der Waals surface area contributed by atoms with E-state index in [0.29, 0.717) is 17.7 Å². The van der Waals surface area contributed by atoms with E-state index in [1.165, 1.54) is 12.1 Å². The van der Waals surface area contributed by atoms with Crippen LogP contribution in [0, 0.1) is 23.3 Å². The van der Waals surface area contributed by atoms with Gasteiger partial charge in [0.05, 0.1) is 5.56 Å². The van der Waals surface area contributed by atoms with Gasteiger partial charge in [0.25, 0.3) is 0 Å². The van der Waals surface area contributed by atoms with E-state index >= 15 is 0 Å². The van der Waals surface area contributed by atoms with Gasteiger partial charge in [-0.1, -0.05) is 35.3 Å². The summed E-state index contributed by atoms with van der Waals surface area (Å²) >= 11 is 12.0. The lowest BCUT2D eigenvalue weighted by Crippen LogP contribution is -2.00. The highest BCUT2D eigenvalue weighted by atomic mass is 35.5. The summed E-state index contributed by atoms with van der Waals surface area (Å²) in [5.41, 5.74) is -0.423. The minimum atomic E-state index is -1.18. The van der Waals surface area contributed by atoms with Gasteiger partial charge in [-0.05, 0) is 17.7 Å². The quantitative estimate of drug-likeness (QED) is 0.541. The summed E-state index contributed by atoms with van der Waals surface area (Å²) in [6.07, 6.45) is 0. The van der Waals surface area contributed by atoms with Crippen molar-refractivity contribution in [2.24, 2.45) is 0 Å². The van der Waals surface area contributed by atoms with E-state index in [-0.39, 0.29) is 21.4 Å². The zero-order valence-electron chi connectivity index (χ0n) is 11.6. The molecule has 0 aliphatic rings. The molecular formula is C16H6Cl2F4N2. The molecule has 0 N–H and O–H groups in total. The van der Waals surface area contributed by atoms with Gasteiger partial charge < -0.3 is 0 Å². The molecule has 122 valence electrons. The van der Waals surface area contributed by atoms with Crippen molar-refractivity contribution in [1.82, 2.24) is 10.2 Å². The minimum absolute atomic E-state index is 0.0566. The Balaban J connectivity index is 2.37. The molecule has 0 saturated heterocycles. The molecule has 1 aromatic heterocycles. The van der Waals surface area contributed by atoms with E-state index in [4.69, 9.17) is 23.2 Å². The van der Waals surface area contributed by atoms with Gasteiger partial charge in [-0.15, -0.1) is 10.2 Å². The molecule has 0 fully saturated rings. The smallest absolute Gasteiger partial charge is 0.160 e. The normalized spacial score (nSPS) is 10.9. The maximum Gasteiger partial charge on any atom is 0.160 e. The molecule has 0 radical (unpaired) electrons. The predicted octanol–water partition coefficient (Wildman–Crippen LogP) is 5.67. The molecule has 0 atom stereocenters. The van der Waals surface area contributed by atoms with Crippen LogP contribution in [-0.2, 0) is 0 Å². The van der Waals surface area contributed by atoms with Crippen LogP contribution in [0.25, 0.3) is 22.3 Å². The Morgan fingerprint density at radius 1 is 0.625 bits per heavy atom. The number of aromatic nitrogens is 2. The van der Waals surface area contributed by atoms with Crippen LogP contribution in [-0.4, -0.2) is 10.2 Å². The maximum absolute atomic E-state index is 14.2. The van der Waals surface area contributed by atoms with Gasteiger partial charge >= 0.3 is 0 Å². The van der Waals surface area contributed by atoms with Crippen molar-refractivity contribution in [2.45, 2.75) is 0 Å². The molecule has 0 spiro atoms. The van der Waals surface area contributed by atoms with Crippen molar-refractivity contribution in [3.63, 3.8) is 0 Å². The van der Waals surface area contributed by atoms with Crippen molar-refractivity contribution in [2.75, 3.05) is 0 Å². The Morgan fingerprint density at radius 2 is 1.12 bits per heavy atom. The van der Waals surface area contributed by atoms with Gasteiger partial charge in [0.2, 0.25) is 0 Å². The molecule has 0 aliphatic carbocycles. The van der Waals surface area contributed by atoms with E-state index in [2.05, 4.69) is 10.2 Å². The fourth-order valence-electron chi connectivity index (χ4n) is 2.28. The summed E-state index contributed by atoms with van der Waals surface area (Å²) in [5, 5.41) is 6.64. The molecule has 0 unspecified atom stereocenters. The van der Waals surface area contributed by atoms with Gasteiger partial charge in [-0.3, -0.25) is 0 Å². The molecule has 0 aliphatic heterocycles. The van der Waals surface area contributed by atoms with Gasteiger partial charge in [0.15, 0.2) is 10.3 Å². The van der Waals surface area contributed by atoms with Crippen molar-refractivity contribution in [3.05, 3.63) is 70.0 Å². The second-order valence-corrected chi connectivity index (χ2v) is 5.50. The van der Waals surface area contributed by atoms with E-state index in [1.54, 1.807) is 0 Å². The molecule has 3 rings (SSSR count). The zero-order valence-corrected chi connectivity index (χ0v) is 13.1. The summed E-state index contributed by atoms with van der Waals surface area (Å²) in [7, 11) is 0. The monoisotopic (exact) mass is 372 g/mol. The van der Waals surface area contributed by atoms with Gasteiger partial charge in [-0.25, -0.2) is 17.6 Å². The van der Waals surface area contributed by atoms with E-state index < -0.39 is 28.8 Å². The summed E-state index contributed by atoms with van der Waals surface area (Å²) in [5.74, 6) is -3.95. The van der Waals surface area contributed by atoms with E-state index in [9.17, 15) is 17.6 Å². The first-order chi connectivity index (χ1) is 11.4. The van der Waals surface area contributed by atoms with Crippen LogP contribution in [0.15, 0.2) is 36.4 Å². The highest BCUT2D eigenvalue weighted by molar-refractivity contribution is 6.36. The molecule has 2 aromatic carbocycles. The standard InChI is InChI=1S/C16H6Cl2F4N2/c17-15-12(7-1-3-8(19)4-2-7)14(16(18)24-23-15)13-10(21)5-9(20)6-11(13)22/h1-6H. The first-order valence-corrected chi connectivity index (χ1v) is 7.26. The van der Waals surface area contributed by atoms with Crippen molar-refractivity contribution in [3.8, 4) is 22.3 Å². The molecule has 3 aromatic rings. The van der Waals surface area contributed by atoms with Crippen LogP contribution in [0.5, 0.6) is 0 Å². The van der Waals surface area contributed by atoms with Crippen molar-refractivity contribution < 1.29 is 17.6 Å². The minimum Gasteiger partial charge on any atom is -0.207 e. The third-order valence-electron chi connectivity index (χ3n) is 3.28. The highest BCUT2D eigenvalue weighted by Gasteiger charge is 2.24. The lowest BCUT2D eigenvalue weighted by Gasteiger charge is -2.14.